The monoisotopic (exact) mass is 393 g/mol. The lowest BCUT2D eigenvalue weighted by Gasteiger charge is -2.32. The molecule has 8 heteroatoms. The van der Waals surface area contributed by atoms with Crippen molar-refractivity contribution in [3.8, 4) is 0 Å². The molecule has 0 aromatic heterocycles. The highest BCUT2D eigenvalue weighted by molar-refractivity contribution is 6.62. The molecule has 3 N–H and O–H groups in total. The van der Waals surface area contributed by atoms with Gasteiger partial charge in [0.2, 0.25) is 0 Å². The van der Waals surface area contributed by atoms with E-state index >= 15 is 0 Å². The molecule has 1 fully saturated rings. The quantitative estimate of drug-likeness (QED) is 0.662. The molecule has 28 heavy (non-hydrogen) atoms. The normalized spacial score (nSPS) is 20.5. The van der Waals surface area contributed by atoms with Gasteiger partial charge < -0.3 is 29.6 Å². The van der Waals surface area contributed by atoms with E-state index in [-0.39, 0.29) is 6.54 Å². The van der Waals surface area contributed by atoms with Crippen molar-refractivity contribution in [2.45, 2.75) is 77.5 Å². The first-order chi connectivity index (χ1) is 12.7. The van der Waals surface area contributed by atoms with Crippen molar-refractivity contribution in [3.05, 3.63) is 29.8 Å². The SMILES string of the molecule is CC(C)(C)OC(=O)NCC(O)C(O)c1ccccc1B1OC(C)(C)C(C)(C)O1. The minimum Gasteiger partial charge on any atom is -0.444 e. The third-order valence-corrected chi connectivity index (χ3v) is 5.04. The van der Waals surface area contributed by atoms with E-state index in [2.05, 4.69) is 5.32 Å². The van der Waals surface area contributed by atoms with Crippen LogP contribution in [0.25, 0.3) is 0 Å². The average molecular weight is 393 g/mol. The number of carbonyl (C=O) groups excluding carboxylic acids is 1. The van der Waals surface area contributed by atoms with Gasteiger partial charge in [-0.25, -0.2) is 4.79 Å². The highest BCUT2D eigenvalue weighted by Gasteiger charge is 2.52. The average Bonchev–Trinajstić information content (AvgIpc) is 2.78. The van der Waals surface area contributed by atoms with Crippen LogP contribution in [0.1, 0.15) is 60.1 Å². The van der Waals surface area contributed by atoms with Crippen LogP contribution in [0.15, 0.2) is 24.3 Å². The number of benzene rings is 1. The molecule has 2 atom stereocenters. The van der Waals surface area contributed by atoms with Crippen molar-refractivity contribution in [2.75, 3.05) is 6.54 Å². The first kappa shape index (κ1) is 22.7. The van der Waals surface area contributed by atoms with Gasteiger partial charge >= 0.3 is 13.2 Å². The van der Waals surface area contributed by atoms with Gasteiger partial charge in [-0.1, -0.05) is 24.3 Å². The summed E-state index contributed by atoms with van der Waals surface area (Å²) in [6.45, 7) is 12.9. The van der Waals surface area contributed by atoms with E-state index < -0.39 is 42.2 Å². The van der Waals surface area contributed by atoms with Crippen LogP contribution in [0.4, 0.5) is 4.79 Å². The lowest BCUT2D eigenvalue weighted by atomic mass is 9.74. The van der Waals surface area contributed by atoms with Gasteiger partial charge in [-0.3, -0.25) is 0 Å². The number of amides is 1. The van der Waals surface area contributed by atoms with Crippen molar-refractivity contribution in [3.63, 3.8) is 0 Å². The fraction of sp³-hybridized carbons (Fsp3) is 0.650. The molecule has 7 nitrogen and oxygen atoms in total. The van der Waals surface area contributed by atoms with Crippen LogP contribution in [-0.4, -0.2) is 52.9 Å². The van der Waals surface area contributed by atoms with Gasteiger partial charge in [0.1, 0.15) is 17.8 Å². The molecule has 2 rings (SSSR count). The molecule has 1 aliphatic heterocycles. The molecule has 1 heterocycles. The summed E-state index contributed by atoms with van der Waals surface area (Å²) in [5.41, 5.74) is -0.555. The van der Waals surface area contributed by atoms with Crippen molar-refractivity contribution >= 4 is 18.7 Å². The van der Waals surface area contributed by atoms with Crippen LogP contribution >= 0.6 is 0 Å². The van der Waals surface area contributed by atoms with Crippen molar-refractivity contribution < 1.29 is 29.1 Å². The molecule has 156 valence electrons. The van der Waals surface area contributed by atoms with Crippen LogP contribution in [0.2, 0.25) is 0 Å². The smallest absolute Gasteiger partial charge is 0.444 e. The van der Waals surface area contributed by atoms with Gasteiger partial charge in [-0.15, -0.1) is 0 Å². The third kappa shape index (κ3) is 5.26. The Bertz CT molecular complexity index is 684. The van der Waals surface area contributed by atoms with E-state index in [4.69, 9.17) is 14.0 Å². The molecule has 1 aromatic carbocycles. The molecule has 0 spiro atoms. The van der Waals surface area contributed by atoms with Crippen LogP contribution in [0, 0.1) is 0 Å². The summed E-state index contributed by atoms with van der Waals surface area (Å²) in [5.74, 6) is 0. The molecular weight excluding hydrogens is 361 g/mol. The molecule has 0 saturated carbocycles. The number of rotatable bonds is 5. The van der Waals surface area contributed by atoms with Crippen LogP contribution in [0.3, 0.4) is 0 Å². The second-order valence-corrected chi connectivity index (χ2v) is 9.11. The summed E-state index contributed by atoms with van der Waals surface area (Å²) in [4.78, 5) is 11.8. The molecular formula is C20H32BNO6. The van der Waals surface area contributed by atoms with Crippen molar-refractivity contribution in [2.24, 2.45) is 0 Å². The second-order valence-electron chi connectivity index (χ2n) is 9.11. The highest BCUT2D eigenvalue weighted by atomic mass is 16.7. The van der Waals surface area contributed by atoms with Crippen LogP contribution in [-0.2, 0) is 14.0 Å². The molecule has 1 amide bonds. The van der Waals surface area contributed by atoms with Crippen LogP contribution < -0.4 is 10.8 Å². The van der Waals surface area contributed by atoms with Gasteiger partial charge in [0.05, 0.1) is 11.2 Å². The lowest BCUT2D eigenvalue weighted by molar-refractivity contribution is 0.00578. The Morgan fingerprint density at radius 2 is 1.68 bits per heavy atom. The largest absolute Gasteiger partial charge is 0.495 e. The molecule has 0 aliphatic carbocycles. The third-order valence-electron chi connectivity index (χ3n) is 5.04. The van der Waals surface area contributed by atoms with E-state index in [1.807, 2.05) is 33.8 Å². The Balaban J connectivity index is 2.10. The zero-order valence-corrected chi connectivity index (χ0v) is 17.8. The van der Waals surface area contributed by atoms with E-state index in [1.54, 1.807) is 39.0 Å². The summed E-state index contributed by atoms with van der Waals surface area (Å²) in [7, 11) is -0.665. The van der Waals surface area contributed by atoms with E-state index in [1.165, 1.54) is 0 Å². The number of alkyl carbamates (subject to hydrolysis) is 1. The summed E-state index contributed by atoms with van der Waals surface area (Å²) in [5, 5.41) is 23.5. The number of nitrogens with one attached hydrogen (secondary N) is 1. The maximum Gasteiger partial charge on any atom is 0.495 e. The topological polar surface area (TPSA) is 97.3 Å². The number of aliphatic hydroxyl groups excluding tert-OH is 2. The van der Waals surface area contributed by atoms with Crippen LogP contribution in [0.5, 0.6) is 0 Å². The van der Waals surface area contributed by atoms with Gasteiger partial charge in [-0.05, 0) is 59.5 Å². The predicted molar refractivity (Wildman–Crippen MR) is 107 cm³/mol. The van der Waals surface area contributed by atoms with Crippen molar-refractivity contribution in [1.82, 2.24) is 5.32 Å². The van der Waals surface area contributed by atoms with Gasteiger partial charge in [0.15, 0.2) is 0 Å². The first-order valence-corrected chi connectivity index (χ1v) is 9.51. The summed E-state index contributed by atoms with van der Waals surface area (Å²) >= 11 is 0. The maximum atomic E-state index is 11.8. The molecule has 1 saturated heterocycles. The zero-order chi connectivity index (χ0) is 21.3. The van der Waals surface area contributed by atoms with Gasteiger partial charge in [-0.2, -0.15) is 0 Å². The van der Waals surface area contributed by atoms with E-state index in [9.17, 15) is 15.0 Å². The molecule has 1 aliphatic rings. The fourth-order valence-corrected chi connectivity index (χ4v) is 2.79. The van der Waals surface area contributed by atoms with Gasteiger partial charge in [0, 0.05) is 6.54 Å². The number of aliphatic hydroxyl groups is 2. The molecule has 1 aromatic rings. The Labute approximate surface area is 167 Å². The Hall–Kier alpha value is -1.61. The lowest BCUT2D eigenvalue weighted by Crippen LogP contribution is -2.42. The second kappa shape index (κ2) is 8.03. The van der Waals surface area contributed by atoms with Crippen molar-refractivity contribution in [1.29, 1.82) is 0 Å². The minimum absolute atomic E-state index is 0.159. The summed E-state index contributed by atoms with van der Waals surface area (Å²) < 4.78 is 17.3. The Morgan fingerprint density at radius 3 is 2.21 bits per heavy atom. The molecule has 0 radical (unpaired) electrons. The minimum atomic E-state index is -1.23. The Kier molecular flexibility index (Phi) is 6.50. The van der Waals surface area contributed by atoms with Gasteiger partial charge in [0.25, 0.3) is 0 Å². The summed E-state index contributed by atoms with van der Waals surface area (Å²) in [6, 6.07) is 7.10. The number of hydrogen-bond acceptors (Lipinski definition) is 6. The number of carbonyl (C=O) groups is 1. The fourth-order valence-electron chi connectivity index (χ4n) is 2.79. The predicted octanol–water partition coefficient (Wildman–Crippen LogP) is 1.90. The number of ether oxygens (including phenoxy) is 1. The highest BCUT2D eigenvalue weighted by Crippen LogP contribution is 2.37. The molecule has 2 unspecified atom stereocenters. The maximum absolute atomic E-state index is 11.8. The first-order valence-electron chi connectivity index (χ1n) is 9.51. The zero-order valence-electron chi connectivity index (χ0n) is 17.8. The van der Waals surface area contributed by atoms with E-state index in [0.717, 1.165) is 0 Å². The van der Waals surface area contributed by atoms with E-state index in [0.29, 0.717) is 11.0 Å². The molecule has 0 bridgehead atoms. The Morgan fingerprint density at radius 1 is 1.14 bits per heavy atom. The summed E-state index contributed by atoms with van der Waals surface area (Å²) in [6.07, 6.45) is -3.11. The standard InChI is InChI=1S/C20H32BNO6/c1-18(2,3)26-17(25)22-12-15(23)16(24)13-10-8-9-11-14(13)21-27-19(4,5)20(6,7)28-21/h8-11,15-16,23-24H,12H2,1-7H3,(H,22,25). The number of hydrogen-bond donors (Lipinski definition) is 3.